The minimum absolute atomic E-state index is 0. The largest absolute Gasteiger partial charge is 0.444 e. The standard InChI is InChI=1S/C16H19F2N3O.2ClH/c1-16(9-19)4-5-21(10-16)7-12-8-22-15(20-12)11-2-3-13(17)14(18)6-11;;/h2-3,6,8H,4-5,7,9-10,19H2,1H3;2*1H. The molecule has 1 unspecified atom stereocenters. The van der Waals surface area contributed by atoms with E-state index in [0.29, 0.717) is 24.5 Å². The second kappa shape index (κ2) is 8.25. The van der Waals surface area contributed by atoms with Crippen LogP contribution in [0.1, 0.15) is 19.0 Å². The van der Waals surface area contributed by atoms with Crippen molar-refractivity contribution in [1.82, 2.24) is 9.88 Å². The van der Waals surface area contributed by atoms with Crippen LogP contribution >= 0.6 is 24.8 Å². The molecule has 2 heterocycles. The zero-order chi connectivity index (χ0) is 15.7. The number of hydrogen-bond donors (Lipinski definition) is 1. The molecule has 24 heavy (non-hydrogen) atoms. The predicted molar refractivity (Wildman–Crippen MR) is 93.4 cm³/mol. The number of halogens is 4. The minimum atomic E-state index is -0.907. The Kier molecular flexibility index (Phi) is 7.16. The SMILES string of the molecule is CC1(CN)CCN(Cc2coc(-c3ccc(F)c(F)c3)n2)C1.Cl.Cl. The van der Waals surface area contributed by atoms with Crippen LogP contribution < -0.4 is 5.73 Å². The Labute approximate surface area is 152 Å². The summed E-state index contributed by atoms with van der Waals surface area (Å²) in [5, 5.41) is 0. The molecule has 8 heteroatoms. The number of oxazole rings is 1. The molecular weight excluding hydrogens is 359 g/mol. The van der Waals surface area contributed by atoms with Gasteiger partial charge in [-0.15, -0.1) is 24.8 Å². The van der Waals surface area contributed by atoms with Crippen molar-refractivity contribution in [3.8, 4) is 11.5 Å². The molecule has 0 radical (unpaired) electrons. The van der Waals surface area contributed by atoms with Crippen LogP contribution in [0.3, 0.4) is 0 Å². The van der Waals surface area contributed by atoms with E-state index in [4.69, 9.17) is 10.2 Å². The Morgan fingerprint density at radius 2 is 2.04 bits per heavy atom. The number of nitrogens with two attached hydrogens (primary N) is 1. The van der Waals surface area contributed by atoms with E-state index in [0.717, 1.165) is 37.3 Å². The predicted octanol–water partition coefficient (Wildman–Crippen LogP) is 3.63. The zero-order valence-corrected chi connectivity index (χ0v) is 14.9. The summed E-state index contributed by atoms with van der Waals surface area (Å²) < 4.78 is 31.6. The summed E-state index contributed by atoms with van der Waals surface area (Å²) in [5.74, 6) is -1.49. The summed E-state index contributed by atoms with van der Waals surface area (Å²) in [6, 6.07) is 3.61. The Morgan fingerprint density at radius 1 is 1.29 bits per heavy atom. The molecule has 1 aromatic carbocycles. The van der Waals surface area contributed by atoms with Crippen LogP contribution in [0.5, 0.6) is 0 Å². The van der Waals surface area contributed by atoms with Gasteiger partial charge < -0.3 is 10.2 Å². The highest BCUT2D eigenvalue weighted by Crippen LogP contribution is 2.30. The first kappa shape index (κ1) is 20.8. The first-order valence-corrected chi connectivity index (χ1v) is 7.31. The number of rotatable bonds is 4. The maximum atomic E-state index is 13.3. The van der Waals surface area contributed by atoms with Crippen molar-refractivity contribution in [2.75, 3.05) is 19.6 Å². The van der Waals surface area contributed by atoms with Gasteiger partial charge in [0.15, 0.2) is 11.6 Å². The van der Waals surface area contributed by atoms with Crippen molar-refractivity contribution in [3.63, 3.8) is 0 Å². The lowest BCUT2D eigenvalue weighted by Crippen LogP contribution is -2.31. The van der Waals surface area contributed by atoms with Gasteiger partial charge in [-0.1, -0.05) is 6.92 Å². The van der Waals surface area contributed by atoms with E-state index < -0.39 is 11.6 Å². The molecule has 1 aliphatic heterocycles. The molecule has 0 bridgehead atoms. The fourth-order valence-corrected chi connectivity index (χ4v) is 2.80. The molecule has 1 saturated heterocycles. The Balaban J connectivity index is 0.00000144. The molecule has 1 fully saturated rings. The number of aromatic nitrogens is 1. The van der Waals surface area contributed by atoms with Crippen molar-refractivity contribution >= 4 is 24.8 Å². The molecule has 2 N–H and O–H groups in total. The van der Waals surface area contributed by atoms with Crippen molar-refractivity contribution in [2.45, 2.75) is 19.9 Å². The van der Waals surface area contributed by atoms with Crippen LogP contribution in [-0.2, 0) is 6.54 Å². The summed E-state index contributed by atoms with van der Waals surface area (Å²) in [7, 11) is 0. The van der Waals surface area contributed by atoms with Gasteiger partial charge in [-0.3, -0.25) is 4.90 Å². The fraction of sp³-hybridized carbons (Fsp3) is 0.438. The van der Waals surface area contributed by atoms with Gasteiger partial charge in [0.1, 0.15) is 6.26 Å². The van der Waals surface area contributed by atoms with Gasteiger partial charge in [0.2, 0.25) is 5.89 Å². The summed E-state index contributed by atoms with van der Waals surface area (Å²) in [6.45, 7) is 5.42. The Bertz CT molecular complexity index is 683. The van der Waals surface area contributed by atoms with Crippen LogP contribution in [-0.4, -0.2) is 29.5 Å². The second-order valence-corrected chi connectivity index (χ2v) is 6.25. The zero-order valence-electron chi connectivity index (χ0n) is 13.3. The third kappa shape index (κ3) is 4.45. The minimum Gasteiger partial charge on any atom is -0.444 e. The molecular formula is C16H21Cl2F2N3O. The highest BCUT2D eigenvalue weighted by molar-refractivity contribution is 5.85. The molecule has 0 spiro atoms. The van der Waals surface area contributed by atoms with Crippen LogP contribution in [0.25, 0.3) is 11.5 Å². The normalized spacial score (nSPS) is 20.5. The lowest BCUT2D eigenvalue weighted by Gasteiger charge is -2.21. The molecule has 0 amide bonds. The van der Waals surface area contributed by atoms with Crippen molar-refractivity contribution < 1.29 is 13.2 Å². The molecule has 1 aromatic heterocycles. The van der Waals surface area contributed by atoms with Gasteiger partial charge >= 0.3 is 0 Å². The van der Waals surface area contributed by atoms with E-state index in [-0.39, 0.29) is 30.2 Å². The van der Waals surface area contributed by atoms with E-state index in [1.165, 1.54) is 6.07 Å². The summed E-state index contributed by atoms with van der Waals surface area (Å²) >= 11 is 0. The lowest BCUT2D eigenvalue weighted by atomic mass is 9.90. The average Bonchev–Trinajstić information content (AvgIpc) is 3.10. The molecule has 0 saturated carbocycles. The van der Waals surface area contributed by atoms with Gasteiger partial charge in [0.25, 0.3) is 0 Å². The van der Waals surface area contributed by atoms with E-state index in [2.05, 4.69) is 16.8 Å². The summed E-state index contributed by atoms with van der Waals surface area (Å²) in [4.78, 5) is 6.64. The lowest BCUT2D eigenvalue weighted by molar-refractivity contribution is 0.272. The van der Waals surface area contributed by atoms with Gasteiger partial charge in [-0.25, -0.2) is 13.8 Å². The van der Waals surface area contributed by atoms with E-state index in [9.17, 15) is 8.78 Å². The summed E-state index contributed by atoms with van der Waals surface area (Å²) in [5.41, 5.74) is 7.17. The van der Waals surface area contributed by atoms with Crippen LogP contribution in [0.4, 0.5) is 8.78 Å². The molecule has 3 rings (SSSR count). The van der Waals surface area contributed by atoms with E-state index in [1.807, 2.05) is 0 Å². The van der Waals surface area contributed by atoms with Crippen LogP contribution in [0, 0.1) is 17.0 Å². The molecule has 0 aliphatic carbocycles. The molecule has 1 atom stereocenters. The van der Waals surface area contributed by atoms with Crippen molar-refractivity contribution in [3.05, 3.63) is 41.8 Å². The number of likely N-dealkylation sites (tertiary alicyclic amines) is 1. The van der Waals surface area contributed by atoms with Gasteiger partial charge in [-0.05, 0) is 43.1 Å². The van der Waals surface area contributed by atoms with E-state index >= 15 is 0 Å². The summed E-state index contributed by atoms with van der Waals surface area (Å²) in [6.07, 6.45) is 2.63. The van der Waals surface area contributed by atoms with Gasteiger partial charge in [-0.2, -0.15) is 0 Å². The van der Waals surface area contributed by atoms with Crippen LogP contribution in [0.2, 0.25) is 0 Å². The third-order valence-electron chi connectivity index (χ3n) is 4.23. The monoisotopic (exact) mass is 379 g/mol. The number of benzene rings is 1. The highest BCUT2D eigenvalue weighted by Gasteiger charge is 2.32. The van der Waals surface area contributed by atoms with Crippen LogP contribution in [0.15, 0.2) is 28.9 Å². The van der Waals surface area contributed by atoms with Crippen molar-refractivity contribution in [2.24, 2.45) is 11.1 Å². The Morgan fingerprint density at radius 3 is 2.67 bits per heavy atom. The maximum absolute atomic E-state index is 13.3. The molecule has 4 nitrogen and oxygen atoms in total. The topological polar surface area (TPSA) is 55.3 Å². The second-order valence-electron chi connectivity index (χ2n) is 6.25. The molecule has 1 aliphatic rings. The quantitative estimate of drug-likeness (QED) is 0.880. The average molecular weight is 380 g/mol. The highest BCUT2D eigenvalue weighted by atomic mass is 35.5. The molecule has 2 aromatic rings. The smallest absolute Gasteiger partial charge is 0.226 e. The number of nitrogens with zero attached hydrogens (tertiary/aromatic N) is 2. The van der Waals surface area contributed by atoms with Gasteiger partial charge in [0, 0.05) is 18.7 Å². The Hall–Kier alpha value is -1.21. The first-order valence-electron chi connectivity index (χ1n) is 7.31. The maximum Gasteiger partial charge on any atom is 0.226 e. The first-order chi connectivity index (χ1) is 10.5. The van der Waals surface area contributed by atoms with Gasteiger partial charge in [0.05, 0.1) is 5.69 Å². The number of hydrogen-bond acceptors (Lipinski definition) is 4. The molecule has 134 valence electrons. The van der Waals surface area contributed by atoms with E-state index in [1.54, 1.807) is 6.26 Å². The third-order valence-corrected chi connectivity index (χ3v) is 4.23. The fourth-order valence-electron chi connectivity index (χ4n) is 2.80. The van der Waals surface area contributed by atoms with Crippen molar-refractivity contribution in [1.29, 1.82) is 0 Å².